The first-order chi connectivity index (χ1) is 17.3. The first-order valence-electron chi connectivity index (χ1n) is 12.3. The maximum Gasteiger partial charge on any atom is 0.260 e. The minimum absolute atomic E-state index is 0.0439. The molecule has 0 saturated carbocycles. The van der Waals surface area contributed by atoms with Gasteiger partial charge in [-0.05, 0) is 25.0 Å². The van der Waals surface area contributed by atoms with E-state index in [-0.39, 0.29) is 30.6 Å². The van der Waals surface area contributed by atoms with Crippen molar-refractivity contribution >= 4 is 23.2 Å². The number of aromatic nitrogens is 2. The summed E-state index contributed by atoms with van der Waals surface area (Å²) in [6.45, 7) is 2.75. The molecule has 1 amide bonds. The van der Waals surface area contributed by atoms with Crippen LogP contribution in [0.5, 0.6) is 0 Å². The van der Waals surface area contributed by atoms with E-state index in [0.29, 0.717) is 63.7 Å². The molecule has 0 radical (unpaired) electrons. The average molecular weight is 504 g/mol. The number of amides is 1. The lowest BCUT2D eigenvalue weighted by molar-refractivity contribution is -0.148. The third-order valence-electron chi connectivity index (χ3n) is 7.18. The van der Waals surface area contributed by atoms with Gasteiger partial charge in [0.1, 0.15) is 12.5 Å². The van der Waals surface area contributed by atoms with E-state index in [1.54, 1.807) is 37.5 Å². The molecular weight excluding hydrogens is 468 g/mol. The summed E-state index contributed by atoms with van der Waals surface area (Å²) < 4.78 is 35.5. The van der Waals surface area contributed by atoms with Gasteiger partial charge >= 0.3 is 0 Å². The maximum atomic E-state index is 15.8. The van der Waals surface area contributed by atoms with Crippen molar-refractivity contribution in [2.45, 2.75) is 43.9 Å². The predicted molar refractivity (Wildman–Crippen MR) is 135 cm³/mol. The Morgan fingerprint density at radius 2 is 1.89 bits per heavy atom. The molecule has 2 aromatic rings. The number of benzene rings is 1. The summed E-state index contributed by atoms with van der Waals surface area (Å²) >= 11 is 0. The second-order valence-corrected chi connectivity index (χ2v) is 9.49. The molecule has 36 heavy (non-hydrogen) atoms. The van der Waals surface area contributed by atoms with Crippen LogP contribution in [0.15, 0.2) is 30.6 Å². The lowest BCUT2D eigenvalue weighted by Gasteiger charge is -2.43. The Labute approximate surface area is 210 Å². The van der Waals surface area contributed by atoms with E-state index in [0.717, 1.165) is 5.56 Å². The maximum absolute atomic E-state index is 15.8. The third kappa shape index (κ3) is 5.67. The number of hydrogen-bond acceptors (Lipinski definition) is 8. The number of piperidine rings is 2. The van der Waals surface area contributed by atoms with Crippen LogP contribution >= 0.6 is 0 Å². The fourth-order valence-corrected chi connectivity index (χ4v) is 5.16. The summed E-state index contributed by atoms with van der Waals surface area (Å²) in [7, 11) is 3.28. The van der Waals surface area contributed by atoms with Crippen LogP contribution in [0.3, 0.4) is 0 Å². The zero-order chi connectivity index (χ0) is 25.7. The van der Waals surface area contributed by atoms with E-state index < -0.39 is 11.6 Å². The van der Waals surface area contributed by atoms with Gasteiger partial charge in [-0.3, -0.25) is 9.69 Å². The predicted octanol–water partition coefficient (Wildman–Crippen LogP) is 2.65. The number of ether oxygens (including phenoxy) is 1. The van der Waals surface area contributed by atoms with Gasteiger partial charge in [-0.2, -0.15) is 0 Å². The van der Waals surface area contributed by atoms with Crippen molar-refractivity contribution in [3.8, 4) is 0 Å². The van der Waals surface area contributed by atoms with Crippen LogP contribution in [0.1, 0.15) is 31.2 Å². The van der Waals surface area contributed by atoms with Gasteiger partial charge in [-0.15, -0.1) is 0 Å². The molecule has 1 aromatic heterocycles. The monoisotopic (exact) mass is 503 g/mol. The van der Waals surface area contributed by atoms with E-state index in [9.17, 15) is 9.18 Å². The molecule has 2 saturated heterocycles. The minimum Gasteiger partial charge on any atom is -0.384 e. The highest BCUT2D eigenvalue weighted by atomic mass is 19.1. The SMILES string of the molecule is CNc1c(F)cccc1N(COC)C1CCN(C(=O)C2(F)CCN(Cc3cnc(N)nc3)CC2)CC1. The van der Waals surface area contributed by atoms with Crippen LogP contribution in [0.4, 0.5) is 26.1 Å². The molecule has 196 valence electrons. The lowest BCUT2D eigenvalue weighted by Crippen LogP contribution is -2.55. The second-order valence-electron chi connectivity index (χ2n) is 9.49. The fraction of sp³-hybridized carbons (Fsp3) is 0.560. The van der Waals surface area contributed by atoms with E-state index in [4.69, 9.17) is 10.5 Å². The fourth-order valence-electron chi connectivity index (χ4n) is 5.16. The van der Waals surface area contributed by atoms with Crippen molar-refractivity contribution < 1.29 is 18.3 Å². The Morgan fingerprint density at radius 1 is 1.22 bits per heavy atom. The molecule has 11 heteroatoms. The largest absolute Gasteiger partial charge is 0.384 e. The normalized spacial score (nSPS) is 18.7. The molecule has 4 rings (SSSR count). The second kappa shape index (κ2) is 11.3. The van der Waals surface area contributed by atoms with E-state index >= 15 is 4.39 Å². The standard InChI is InChI=1S/C25H35F2N7O2/c1-29-22-20(26)4-3-5-21(22)34(17-36-2)19-6-10-33(11-7-19)23(35)25(27)8-12-32(13-9-25)16-18-14-30-24(28)31-15-18/h3-5,14-15,19,29H,6-13,16-17H2,1-2H3,(H2,28,30,31). The van der Waals surface area contributed by atoms with Gasteiger partial charge in [0.05, 0.1) is 11.4 Å². The summed E-state index contributed by atoms with van der Waals surface area (Å²) in [4.78, 5) is 27.0. The Morgan fingerprint density at radius 3 is 2.50 bits per heavy atom. The van der Waals surface area contributed by atoms with Gasteiger partial charge in [-0.1, -0.05) is 6.07 Å². The highest BCUT2D eigenvalue weighted by Gasteiger charge is 2.45. The molecule has 0 unspecified atom stereocenters. The Kier molecular flexibility index (Phi) is 8.20. The van der Waals surface area contributed by atoms with Gasteiger partial charge in [0.2, 0.25) is 5.95 Å². The summed E-state index contributed by atoms with van der Waals surface area (Å²) in [6, 6.07) is 4.98. The van der Waals surface area contributed by atoms with Crippen LogP contribution in [0, 0.1) is 5.82 Å². The van der Waals surface area contributed by atoms with E-state index in [1.807, 2.05) is 11.0 Å². The van der Waals surface area contributed by atoms with Crippen molar-refractivity contribution in [3.63, 3.8) is 0 Å². The molecule has 9 nitrogen and oxygen atoms in total. The number of anilines is 3. The van der Waals surface area contributed by atoms with Gasteiger partial charge in [0, 0.05) is 83.7 Å². The minimum atomic E-state index is -1.85. The summed E-state index contributed by atoms with van der Waals surface area (Å²) in [6.07, 6.45) is 4.96. The third-order valence-corrected chi connectivity index (χ3v) is 7.18. The van der Waals surface area contributed by atoms with Gasteiger partial charge in [-0.25, -0.2) is 18.7 Å². The smallest absolute Gasteiger partial charge is 0.260 e. The number of nitrogen functional groups attached to an aromatic ring is 1. The van der Waals surface area contributed by atoms with Crippen molar-refractivity contribution in [1.82, 2.24) is 19.8 Å². The molecule has 2 fully saturated rings. The average Bonchev–Trinajstić information content (AvgIpc) is 2.89. The zero-order valence-electron chi connectivity index (χ0n) is 20.9. The first-order valence-corrected chi connectivity index (χ1v) is 12.3. The number of para-hydroxylation sites is 1. The number of alkyl halides is 1. The number of carbonyl (C=O) groups excluding carboxylic acids is 1. The Hall–Kier alpha value is -3.05. The Balaban J connectivity index is 1.34. The molecule has 3 heterocycles. The summed E-state index contributed by atoms with van der Waals surface area (Å²) in [5.74, 6) is -0.534. The zero-order valence-corrected chi connectivity index (χ0v) is 20.9. The molecule has 0 aliphatic carbocycles. The van der Waals surface area contributed by atoms with Gasteiger partial charge in [0.15, 0.2) is 5.67 Å². The molecule has 1 aromatic carbocycles. The van der Waals surface area contributed by atoms with Crippen LogP contribution in [-0.4, -0.2) is 84.5 Å². The van der Waals surface area contributed by atoms with Gasteiger partial charge in [0.25, 0.3) is 5.91 Å². The van der Waals surface area contributed by atoms with Crippen LogP contribution in [-0.2, 0) is 16.1 Å². The number of methoxy groups -OCH3 is 1. The van der Waals surface area contributed by atoms with Gasteiger partial charge < -0.3 is 25.6 Å². The number of rotatable bonds is 8. The van der Waals surface area contributed by atoms with E-state index in [1.165, 1.54) is 6.07 Å². The molecule has 2 aliphatic heterocycles. The summed E-state index contributed by atoms with van der Waals surface area (Å²) in [5, 5.41) is 2.94. The number of likely N-dealkylation sites (tertiary alicyclic amines) is 2. The van der Waals surface area contributed by atoms with Crippen molar-refractivity contribution in [3.05, 3.63) is 42.0 Å². The van der Waals surface area contributed by atoms with Crippen molar-refractivity contribution in [2.75, 3.05) is 63.0 Å². The number of carbonyl (C=O) groups is 1. The number of halogens is 2. The quantitative estimate of drug-likeness (QED) is 0.531. The van der Waals surface area contributed by atoms with Crippen LogP contribution in [0.25, 0.3) is 0 Å². The number of nitrogens with two attached hydrogens (primary N) is 1. The van der Waals surface area contributed by atoms with Crippen molar-refractivity contribution in [1.29, 1.82) is 0 Å². The highest BCUT2D eigenvalue weighted by molar-refractivity contribution is 5.85. The molecular formula is C25H35F2N7O2. The topological polar surface area (TPSA) is 99.9 Å². The number of nitrogens with one attached hydrogen (secondary N) is 1. The lowest BCUT2D eigenvalue weighted by atomic mass is 9.90. The molecule has 0 atom stereocenters. The molecule has 0 bridgehead atoms. The molecule has 3 N–H and O–H groups in total. The highest BCUT2D eigenvalue weighted by Crippen LogP contribution is 2.34. The van der Waals surface area contributed by atoms with Crippen LogP contribution in [0.2, 0.25) is 0 Å². The van der Waals surface area contributed by atoms with Crippen LogP contribution < -0.4 is 16.0 Å². The first kappa shape index (κ1) is 26.0. The summed E-state index contributed by atoms with van der Waals surface area (Å²) in [5.41, 5.74) is 5.71. The molecule has 0 spiro atoms. The van der Waals surface area contributed by atoms with Crippen molar-refractivity contribution in [2.24, 2.45) is 0 Å². The molecule has 2 aliphatic rings. The number of nitrogens with zero attached hydrogens (tertiary/aromatic N) is 5. The number of hydrogen-bond donors (Lipinski definition) is 2. The van der Waals surface area contributed by atoms with E-state index in [2.05, 4.69) is 20.2 Å². The Bertz CT molecular complexity index is 1020.